The zero-order valence-electron chi connectivity index (χ0n) is 17.7. The average molecular weight is 437 g/mol. The fraction of sp³-hybridized carbons (Fsp3) is 0.0385. The average Bonchev–Trinajstić information content (AvgIpc) is 3.29. The molecule has 1 N–H and O–H groups in total. The van der Waals surface area contributed by atoms with Crippen molar-refractivity contribution in [2.75, 3.05) is 7.11 Å². The molecule has 2 heterocycles. The van der Waals surface area contributed by atoms with E-state index in [1.807, 2.05) is 84.9 Å². The van der Waals surface area contributed by atoms with Crippen LogP contribution in [0.5, 0.6) is 17.2 Å². The van der Waals surface area contributed by atoms with Gasteiger partial charge in [0.1, 0.15) is 17.2 Å². The van der Waals surface area contributed by atoms with Crippen LogP contribution in [0, 0.1) is 0 Å². The number of methoxy groups -OCH3 is 1. The van der Waals surface area contributed by atoms with Crippen LogP contribution in [0.3, 0.4) is 0 Å². The molecule has 0 saturated heterocycles. The van der Waals surface area contributed by atoms with E-state index < -0.39 is 5.97 Å². The number of para-hydroxylation sites is 1. The third-order valence-corrected chi connectivity index (χ3v) is 5.16. The molecule has 0 spiro atoms. The Hall–Kier alpha value is -4.65. The SMILES string of the molecule is COc1ccc(-c2cc(-c3ccc(Oc4ccccc4)cc3)nc3cc(C(=O)O)nn23)cc1. The minimum atomic E-state index is -1.11. The van der Waals surface area contributed by atoms with E-state index in [9.17, 15) is 9.90 Å². The summed E-state index contributed by atoms with van der Waals surface area (Å²) in [6.45, 7) is 0. The summed E-state index contributed by atoms with van der Waals surface area (Å²) in [6, 6.07) is 28.0. The summed E-state index contributed by atoms with van der Waals surface area (Å²) in [4.78, 5) is 16.2. The molecule has 0 aliphatic rings. The molecule has 0 atom stereocenters. The van der Waals surface area contributed by atoms with Crippen LogP contribution in [0.15, 0.2) is 91.0 Å². The van der Waals surface area contributed by atoms with E-state index in [2.05, 4.69) is 10.1 Å². The molecular formula is C26H19N3O4. The Bertz CT molecular complexity index is 1430. The van der Waals surface area contributed by atoms with Crippen LogP contribution in [0.1, 0.15) is 10.5 Å². The molecule has 5 aromatic rings. The number of carboxylic acids is 1. The minimum absolute atomic E-state index is 0.0685. The number of hydrogen-bond donors (Lipinski definition) is 1. The molecule has 7 nitrogen and oxygen atoms in total. The highest BCUT2D eigenvalue weighted by molar-refractivity contribution is 5.87. The zero-order valence-corrected chi connectivity index (χ0v) is 17.7. The lowest BCUT2D eigenvalue weighted by Gasteiger charge is -2.10. The number of carboxylic acid groups (broad SMARTS) is 1. The summed E-state index contributed by atoms with van der Waals surface area (Å²) in [5.74, 6) is 1.08. The van der Waals surface area contributed by atoms with Gasteiger partial charge in [0, 0.05) is 17.2 Å². The normalized spacial score (nSPS) is 10.8. The van der Waals surface area contributed by atoms with Crippen molar-refractivity contribution in [1.82, 2.24) is 14.6 Å². The van der Waals surface area contributed by atoms with Crippen molar-refractivity contribution >= 4 is 11.6 Å². The predicted molar refractivity (Wildman–Crippen MR) is 124 cm³/mol. The third kappa shape index (κ3) is 4.12. The predicted octanol–water partition coefficient (Wildman–Crippen LogP) is 5.56. The van der Waals surface area contributed by atoms with Crippen LogP contribution in [-0.2, 0) is 0 Å². The summed E-state index contributed by atoms with van der Waals surface area (Å²) < 4.78 is 12.7. The van der Waals surface area contributed by atoms with Gasteiger partial charge in [-0.05, 0) is 66.7 Å². The second-order valence-electron chi connectivity index (χ2n) is 7.30. The highest BCUT2D eigenvalue weighted by atomic mass is 16.5. The first-order valence-electron chi connectivity index (χ1n) is 10.2. The van der Waals surface area contributed by atoms with Crippen LogP contribution < -0.4 is 9.47 Å². The van der Waals surface area contributed by atoms with Crippen molar-refractivity contribution in [2.24, 2.45) is 0 Å². The lowest BCUT2D eigenvalue weighted by Crippen LogP contribution is -2.01. The quantitative estimate of drug-likeness (QED) is 0.374. The number of nitrogens with zero attached hydrogens (tertiary/aromatic N) is 3. The molecular weight excluding hydrogens is 418 g/mol. The Morgan fingerprint density at radius 2 is 1.45 bits per heavy atom. The standard InChI is InChI=1S/C26H19N3O4/c1-32-19-11-9-18(10-12-19)24-15-22(27-25-16-23(26(30)31)28-29(24)25)17-7-13-21(14-8-17)33-20-5-3-2-4-6-20/h2-16H,1H3,(H,30,31). The summed E-state index contributed by atoms with van der Waals surface area (Å²) in [7, 11) is 1.61. The Labute approximate surface area is 189 Å². The lowest BCUT2D eigenvalue weighted by atomic mass is 10.1. The fourth-order valence-electron chi connectivity index (χ4n) is 3.51. The molecule has 162 valence electrons. The van der Waals surface area contributed by atoms with Crippen LogP contribution in [0.2, 0.25) is 0 Å². The highest BCUT2D eigenvalue weighted by Gasteiger charge is 2.16. The summed E-state index contributed by atoms with van der Waals surface area (Å²) >= 11 is 0. The number of carbonyl (C=O) groups is 1. The second kappa shape index (κ2) is 8.47. The van der Waals surface area contributed by atoms with Gasteiger partial charge in [0.15, 0.2) is 11.3 Å². The topological polar surface area (TPSA) is 86.0 Å². The maximum absolute atomic E-state index is 11.5. The van der Waals surface area contributed by atoms with Crippen molar-refractivity contribution in [3.05, 3.63) is 96.7 Å². The Balaban J connectivity index is 1.57. The van der Waals surface area contributed by atoms with Gasteiger partial charge in [0.25, 0.3) is 0 Å². The summed E-state index contributed by atoms with van der Waals surface area (Å²) in [5.41, 5.74) is 3.51. The van der Waals surface area contributed by atoms with E-state index in [-0.39, 0.29) is 5.69 Å². The highest BCUT2D eigenvalue weighted by Crippen LogP contribution is 2.30. The Morgan fingerprint density at radius 3 is 2.12 bits per heavy atom. The van der Waals surface area contributed by atoms with Gasteiger partial charge in [-0.25, -0.2) is 14.3 Å². The van der Waals surface area contributed by atoms with Gasteiger partial charge in [0.2, 0.25) is 0 Å². The number of hydrogen-bond acceptors (Lipinski definition) is 5. The molecule has 3 aromatic carbocycles. The number of ether oxygens (including phenoxy) is 2. The van der Waals surface area contributed by atoms with Crippen LogP contribution in [0.25, 0.3) is 28.2 Å². The summed E-state index contributed by atoms with van der Waals surface area (Å²) in [5, 5.41) is 13.6. The zero-order chi connectivity index (χ0) is 22.8. The van der Waals surface area contributed by atoms with Gasteiger partial charge < -0.3 is 14.6 Å². The van der Waals surface area contributed by atoms with Crippen LogP contribution in [0.4, 0.5) is 0 Å². The van der Waals surface area contributed by atoms with Crippen molar-refractivity contribution in [3.8, 4) is 39.8 Å². The van der Waals surface area contributed by atoms with Crippen molar-refractivity contribution in [3.63, 3.8) is 0 Å². The smallest absolute Gasteiger partial charge is 0.356 e. The number of aromatic carboxylic acids is 1. The Kier molecular flexibility index (Phi) is 5.20. The van der Waals surface area contributed by atoms with E-state index in [1.165, 1.54) is 6.07 Å². The molecule has 5 rings (SSSR count). The van der Waals surface area contributed by atoms with Crippen LogP contribution >= 0.6 is 0 Å². The molecule has 0 fully saturated rings. The van der Waals surface area contributed by atoms with Crippen molar-refractivity contribution < 1.29 is 19.4 Å². The molecule has 0 unspecified atom stereocenters. The van der Waals surface area contributed by atoms with Gasteiger partial charge in [0.05, 0.1) is 18.5 Å². The number of fused-ring (bicyclic) bond motifs is 1. The monoisotopic (exact) mass is 437 g/mol. The van der Waals surface area contributed by atoms with Gasteiger partial charge in [-0.2, -0.15) is 5.10 Å². The maximum Gasteiger partial charge on any atom is 0.356 e. The van der Waals surface area contributed by atoms with Crippen LogP contribution in [-0.4, -0.2) is 32.8 Å². The summed E-state index contributed by atoms with van der Waals surface area (Å²) in [6.07, 6.45) is 0. The molecule has 0 amide bonds. The van der Waals surface area contributed by atoms with Crippen molar-refractivity contribution in [2.45, 2.75) is 0 Å². The molecule has 0 aliphatic heterocycles. The Morgan fingerprint density at radius 1 is 0.818 bits per heavy atom. The molecule has 2 aromatic heterocycles. The first-order valence-corrected chi connectivity index (χ1v) is 10.2. The third-order valence-electron chi connectivity index (χ3n) is 5.16. The molecule has 0 aliphatic carbocycles. The second-order valence-corrected chi connectivity index (χ2v) is 7.30. The molecule has 33 heavy (non-hydrogen) atoms. The maximum atomic E-state index is 11.5. The number of benzene rings is 3. The largest absolute Gasteiger partial charge is 0.497 e. The van der Waals surface area contributed by atoms with Crippen molar-refractivity contribution in [1.29, 1.82) is 0 Å². The first kappa shape index (κ1) is 20.3. The molecule has 0 bridgehead atoms. The van der Waals surface area contributed by atoms with E-state index in [4.69, 9.17) is 9.47 Å². The van der Waals surface area contributed by atoms with E-state index in [0.29, 0.717) is 17.1 Å². The number of rotatable bonds is 6. The minimum Gasteiger partial charge on any atom is -0.497 e. The lowest BCUT2D eigenvalue weighted by molar-refractivity contribution is 0.0690. The van der Waals surface area contributed by atoms with Gasteiger partial charge in [-0.15, -0.1) is 0 Å². The van der Waals surface area contributed by atoms with E-state index >= 15 is 0 Å². The van der Waals surface area contributed by atoms with Gasteiger partial charge in [-0.3, -0.25) is 0 Å². The van der Waals surface area contributed by atoms with Gasteiger partial charge >= 0.3 is 5.97 Å². The first-order chi connectivity index (χ1) is 16.1. The van der Waals surface area contributed by atoms with Gasteiger partial charge in [-0.1, -0.05) is 18.2 Å². The molecule has 7 heteroatoms. The fourth-order valence-corrected chi connectivity index (χ4v) is 3.51. The number of aromatic nitrogens is 3. The molecule has 0 radical (unpaired) electrons. The molecule has 0 saturated carbocycles. The van der Waals surface area contributed by atoms with E-state index in [0.717, 1.165) is 28.3 Å². The van der Waals surface area contributed by atoms with E-state index in [1.54, 1.807) is 11.6 Å².